The molecule has 0 saturated heterocycles. The third-order valence-corrected chi connectivity index (χ3v) is 1.96. The first-order valence-electron chi connectivity index (χ1n) is 4.83. The van der Waals surface area contributed by atoms with E-state index in [9.17, 15) is 0 Å². The van der Waals surface area contributed by atoms with Crippen molar-refractivity contribution in [3.8, 4) is 5.75 Å². The molecule has 4 heteroatoms. The van der Waals surface area contributed by atoms with Crippen LogP contribution in [0.25, 0.3) is 0 Å². The van der Waals surface area contributed by atoms with Gasteiger partial charge in [-0.25, -0.2) is 0 Å². The van der Waals surface area contributed by atoms with Gasteiger partial charge in [0, 0.05) is 23.4 Å². The molecule has 82 valence electrons. The topological polar surface area (TPSA) is 71.1 Å². The van der Waals surface area contributed by atoms with Crippen molar-refractivity contribution in [1.29, 1.82) is 5.41 Å². The highest BCUT2D eigenvalue weighted by Gasteiger charge is 2.07. The first kappa shape index (κ1) is 11.4. The molecular weight excluding hydrogens is 190 g/mol. The molecule has 0 aromatic heterocycles. The molecule has 1 aromatic carbocycles. The van der Waals surface area contributed by atoms with Crippen molar-refractivity contribution in [3.05, 3.63) is 23.8 Å². The smallest absolute Gasteiger partial charge is 0.124 e. The Balaban J connectivity index is 3.10. The maximum absolute atomic E-state index is 7.45. The Bertz CT molecular complexity index is 361. The molecule has 0 spiro atoms. The van der Waals surface area contributed by atoms with Crippen LogP contribution in [-0.2, 0) is 0 Å². The first-order chi connectivity index (χ1) is 7.04. The lowest BCUT2D eigenvalue weighted by Gasteiger charge is -2.15. The second-order valence-corrected chi connectivity index (χ2v) is 3.62. The zero-order valence-electron chi connectivity index (χ0n) is 9.29. The van der Waals surface area contributed by atoms with E-state index in [2.05, 4.69) is 5.32 Å². The van der Waals surface area contributed by atoms with Gasteiger partial charge in [0.1, 0.15) is 11.6 Å². The molecule has 0 unspecified atom stereocenters. The summed E-state index contributed by atoms with van der Waals surface area (Å²) in [6.07, 6.45) is 0. The summed E-state index contributed by atoms with van der Waals surface area (Å²) in [5.74, 6) is 0.809. The highest BCUT2D eigenvalue weighted by molar-refractivity contribution is 6.00. The molecular formula is C11H17N3O. The lowest BCUT2D eigenvalue weighted by atomic mass is 10.1. The minimum absolute atomic E-state index is 0.0563. The van der Waals surface area contributed by atoms with Gasteiger partial charge in [-0.3, -0.25) is 5.41 Å². The Kier molecular flexibility index (Phi) is 3.55. The van der Waals surface area contributed by atoms with Crippen LogP contribution in [0.3, 0.4) is 0 Å². The Hall–Kier alpha value is -1.71. The third-order valence-electron chi connectivity index (χ3n) is 1.96. The fraction of sp³-hybridized carbons (Fsp3) is 0.364. The van der Waals surface area contributed by atoms with E-state index in [4.69, 9.17) is 15.9 Å². The molecule has 0 bridgehead atoms. The number of rotatable bonds is 4. The second kappa shape index (κ2) is 4.68. The maximum Gasteiger partial charge on any atom is 0.124 e. The number of hydrogen-bond acceptors (Lipinski definition) is 3. The van der Waals surface area contributed by atoms with Crippen LogP contribution in [0.15, 0.2) is 18.2 Å². The van der Waals surface area contributed by atoms with Gasteiger partial charge >= 0.3 is 0 Å². The predicted molar refractivity (Wildman–Crippen MR) is 62.8 cm³/mol. The van der Waals surface area contributed by atoms with E-state index in [0.717, 1.165) is 11.4 Å². The third kappa shape index (κ3) is 2.87. The van der Waals surface area contributed by atoms with Gasteiger partial charge in [0.25, 0.3) is 0 Å². The fourth-order valence-corrected chi connectivity index (χ4v) is 1.32. The number of benzene rings is 1. The summed E-state index contributed by atoms with van der Waals surface area (Å²) in [5.41, 5.74) is 7.01. The van der Waals surface area contributed by atoms with Gasteiger partial charge in [-0.15, -0.1) is 0 Å². The number of methoxy groups -OCH3 is 1. The summed E-state index contributed by atoms with van der Waals surface area (Å²) in [4.78, 5) is 0. The number of nitrogen functional groups attached to an aromatic ring is 1. The van der Waals surface area contributed by atoms with E-state index >= 15 is 0 Å². The van der Waals surface area contributed by atoms with Crippen LogP contribution in [-0.4, -0.2) is 19.0 Å². The molecule has 0 aliphatic heterocycles. The van der Waals surface area contributed by atoms with Crippen LogP contribution in [0.1, 0.15) is 19.4 Å². The fourth-order valence-electron chi connectivity index (χ4n) is 1.32. The van der Waals surface area contributed by atoms with Crippen LogP contribution >= 0.6 is 0 Å². The molecule has 0 aliphatic rings. The highest BCUT2D eigenvalue weighted by atomic mass is 16.5. The summed E-state index contributed by atoms with van der Waals surface area (Å²) in [6.45, 7) is 4.06. The Morgan fingerprint density at radius 3 is 2.60 bits per heavy atom. The van der Waals surface area contributed by atoms with E-state index in [0.29, 0.717) is 5.56 Å². The lowest BCUT2D eigenvalue weighted by molar-refractivity contribution is 0.415. The molecule has 0 saturated carbocycles. The summed E-state index contributed by atoms with van der Waals surface area (Å²) >= 11 is 0. The first-order valence-corrected chi connectivity index (χ1v) is 4.83. The Morgan fingerprint density at radius 2 is 2.13 bits per heavy atom. The predicted octanol–water partition coefficient (Wildman–Crippen LogP) is 1.80. The maximum atomic E-state index is 7.45. The molecule has 0 heterocycles. The van der Waals surface area contributed by atoms with Gasteiger partial charge in [-0.2, -0.15) is 0 Å². The van der Waals surface area contributed by atoms with Crippen molar-refractivity contribution in [2.75, 3.05) is 12.4 Å². The highest BCUT2D eigenvalue weighted by Crippen LogP contribution is 2.22. The average Bonchev–Trinajstić information content (AvgIpc) is 2.16. The van der Waals surface area contributed by atoms with Crippen molar-refractivity contribution in [2.24, 2.45) is 5.73 Å². The van der Waals surface area contributed by atoms with Crippen LogP contribution in [0, 0.1) is 5.41 Å². The molecule has 0 aliphatic carbocycles. The normalized spacial score (nSPS) is 10.1. The van der Waals surface area contributed by atoms with E-state index in [-0.39, 0.29) is 11.9 Å². The quantitative estimate of drug-likeness (QED) is 0.520. The monoisotopic (exact) mass is 207 g/mol. The summed E-state index contributed by atoms with van der Waals surface area (Å²) in [6, 6.07) is 5.71. The largest absolute Gasteiger partial charge is 0.497 e. The Labute approximate surface area is 89.9 Å². The number of nitrogens with two attached hydrogens (primary N) is 1. The van der Waals surface area contributed by atoms with E-state index in [1.54, 1.807) is 19.2 Å². The van der Waals surface area contributed by atoms with E-state index in [1.165, 1.54) is 0 Å². The molecule has 0 radical (unpaired) electrons. The van der Waals surface area contributed by atoms with Crippen LogP contribution in [0.4, 0.5) is 5.69 Å². The SMILES string of the molecule is COc1ccc(C(=N)N)c(NC(C)C)c1. The van der Waals surface area contributed by atoms with Crippen LogP contribution < -0.4 is 15.8 Å². The number of amidine groups is 1. The zero-order chi connectivity index (χ0) is 11.4. The molecule has 1 aromatic rings. The van der Waals surface area contributed by atoms with Crippen molar-refractivity contribution in [2.45, 2.75) is 19.9 Å². The molecule has 4 nitrogen and oxygen atoms in total. The van der Waals surface area contributed by atoms with Crippen molar-refractivity contribution in [1.82, 2.24) is 0 Å². The Morgan fingerprint density at radius 1 is 1.47 bits per heavy atom. The number of ether oxygens (including phenoxy) is 1. The van der Waals surface area contributed by atoms with Gasteiger partial charge in [-0.05, 0) is 26.0 Å². The summed E-state index contributed by atoms with van der Waals surface area (Å²) in [5, 5.41) is 10.7. The van der Waals surface area contributed by atoms with Crippen LogP contribution in [0.2, 0.25) is 0 Å². The van der Waals surface area contributed by atoms with Gasteiger partial charge in [-0.1, -0.05) is 0 Å². The minimum atomic E-state index is 0.0563. The van der Waals surface area contributed by atoms with Gasteiger partial charge in [0.05, 0.1) is 7.11 Å². The van der Waals surface area contributed by atoms with Gasteiger partial charge < -0.3 is 15.8 Å². The number of hydrogen-bond donors (Lipinski definition) is 3. The second-order valence-electron chi connectivity index (χ2n) is 3.62. The molecule has 0 amide bonds. The van der Waals surface area contributed by atoms with Gasteiger partial charge in [0.2, 0.25) is 0 Å². The number of nitrogens with one attached hydrogen (secondary N) is 2. The van der Waals surface area contributed by atoms with Crippen LogP contribution in [0.5, 0.6) is 5.75 Å². The molecule has 0 fully saturated rings. The zero-order valence-corrected chi connectivity index (χ0v) is 9.29. The standard InChI is InChI=1S/C11H17N3O/c1-7(2)14-10-6-8(15-3)4-5-9(10)11(12)13/h4-7,14H,1-3H3,(H3,12,13). The molecule has 1 rings (SSSR count). The average molecular weight is 207 g/mol. The summed E-state index contributed by atoms with van der Waals surface area (Å²) in [7, 11) is 1.61. The molecule has 15 heavy (non-hydrogen) atoms. The minimum Gasteiger partial charge on any atom is -0.497 e. The van der Waals surface area contributed by atoms with Crippen molar-refractivity contribution < 1.29 is 4.74 Å². The molecule has 4 N–H and O–H groups in total. The van der Waals surface area contributed by atoms with E-state index < -0.39 is 0 Å². The number of anilines is 1. The van der Waals surface area contributed by atoms with Crippen molar-refractivity contribution in [3.63, 3.8) is 0 Å². The molecule has 0 atom stereocenters. The van der Waals surface area contributed by atoms with Crippen molar-refractivity contribution >= 4 is 11.5 Å². The van der Waals surface area contributed by atoms with Gasteiger partial charge in [0.15, 0.2) is 0 Å². The van der Waals surface area contributed by atoms with E-state index in [1.807, 2.05) is 19.9 Å². The lowest BCUT2D eigenvalue weighted by Crippen LogP contribution is -2.17. The summed E-state index contributed by atoms with van der Waals surface area (Å²) < 4.78 is 5.12.